The van der Waals surface area contributed by atoms with E-state index < -0.39 is 41.6 Å². The van der Waals surface area contributed by atoms with Crippen molar-refractivity contribution in [1.29, 1.82) is 0 Å². The second-order valence-corrected chi connectivity index (χ2v) is 10.7. The maximum absolute atomic E-state index is 13.4. The lowest BCUT2D eigenvalue weighted by Gasteiger charge is -2.60. The van der Waals surface area contributed by atoms with Crippen LogP contribution in [0, 0.1) is 28.6 Å². The van der Waals surface area contributed by atoms with Gasteiger partial charge in [0.25, 0.3) is 0 Å². The molecule has 3 fully saturated rings. The number of allylic oxidation sites excluding steroid dienone is 1. The van der Waals surface area contributed by atoms with Crippen molar-refractivity contribution in [3.63, 3.8) is 0 Å². The van der Waals surface area contributed by atoms with Gasteiger partial charge in [-0.2, -0.15) is 0 Å². The molecule has 33 heavy (non-hydrogen) atoms. The summed E-state index contributed by atoms with van der Waals surface area (Å²) in [6.07, 6.45) is 4.11. The second-order valence-electron chi connectivity index (χ2n) is 10.7. The number of rotatable bonds is 4. The van der Waals surface area contributed by atoms with Crippen molar-refractivity contribution in [2.45, 2.75) is 77.4 Å². The normalized spacial score (nSPS) is 41.7. The Kier molecular flexibility index (Phi) is 5.96. The van der Waals surface area contributed by atoms with Gasteiger partial charge in [0.1, 0.15) is 0 Å². The molecule has 0 aromatic carbocycles. The third-order valence-corrected chi connectivity index (χ3v) is 9.30. The molecule has 8 heteroatoms. The second kappa shape index (κ2) is 8.22. The number of hydrogen-bond acceptors (Lipinski definition) is 8. The van der Waals surface area contributed by atoms with Gasteiger partial charge in [0.05, 0.1) is 13.2 Å². The van der Waals surface area contributed by atoms with Crippen LogP contribution in [0.15, 0.2) is 11.6 Å². The fourth-order valence-electron chi connectivity index (χ4n) is 7.83. The summed E-state index contributed by atoms with van der Waals surface area (Å²) in [4.78, 5) is 49.1. The van der Waals surface area contributed by atoms with Gasteiger partial charge < -0.3 is 19.3 Å². The number of carbonyl (C=O) groups is 4. The number of esters is 1. The summed E-state index contributed by atoms with van der Waals surface area (Å²) in [6.45, 7) is 4.80. The Morgan fingerprint density at radius 3 is 2.55 bits per heavy atom. The first kappa shape index (κ1) is 23.9. The standard InChI is InChI=1S/C25H34O8/c1-14(26)32-13-20(29)25(33-22(30)31-4)10-8-18-17-6-5-15-11-16(27)7-9-23(15,2)21(17)19(28)12-24(18,25)3/h11,17-19,21,28H,5-10,12-13H2,1-4H3/t17-,18-,19-,21+,23-,24-,25-/m0/s1. The van der Waals surface area contributed by atoms with Crippen LogP contribution in [0.3, 0.4) is 0 Å². The van der Waals surface area contributed by atoms with Crippen molar-refractivity contribution >= 4 is 23.7 Å². The topological polar surface area (TPSA) is 116 Å². The molecular weight excluding hydrogens is 428 g/mol. The Hall–Kier alpha value is -2.22. The Labute approximate surface area is 194 Å². The molecule has 0 aromatic heterocycles. The molecule has 4 aliphatic carbocycles. The van der Waals surface area contributed by atoms with E-state index in [-0.39, 0.29) is 41.8 Å². The van der Waals surface area contributed by atoms with Crippen molar-refractivity contribution in [2.24, 2.45) is 28.6 Å². The highest BCUT2D eigenvalue weighted by Gasteiger charge is 2.70. The van der Waals surface area contributed by atoms with Gasteiger partial charge in [-0.05, 0) is 67.8 Å². The number of ketones is 2. The van der Waals surface area contributed by atoms with Crippen LogP contribution in [-0.4, -0.2) is 54.2 Å². The number of aliphatic hydroxyl groups excluding tert-OH is 1. The quantitative estimate of drug-likeness (QED) is 0.634. The van der Waals surface area contributed by atoms with Gasteiger partial charge in [0.15, 0.2) is 18.0 Å². The van der Waals surface area contributed by atoms with E-state index in [0.717, 1.165) is 18.4 Å². The summed E-state index contributed by atoms with van der Waals surface area (Å²) in [7, 11) is 1.19. The Morgan fingerprint density at radius 1 is 1.15 bits per heavy atom. The molecule has 0 spiro atoms. The molecule has 4 rings (SSSR count). The van der Waals surface area contributed by atoms with Gasteiger partial charge in [-0.1, -0.05) is 19.4 Å². The molecule has 0 aromatic rings. The van der Waals surface area contributed by atoms with E-state index in [9.17, 15) is 24.3 Å². The number of fused-ring (bicyclic) bond motifs is 5. The lowest BCUT2D eigenvalue weighted by molar-refractivity contribution is -0.188. The zero-order chi connectivity index (χ0) is 24.2. The molecule has 8 nitrogen and oxygen atoms in total. The molecule has 1 N–H and O–H groups in total. The van der Waals surface area contributed by atoms with Crippen molar-refractivity contribution in [2.75, 3.05) is 13.7 Å². The van der Waals surface area contributed by atoms with Crippen molar-refractivity contribution in [3.8, 4) is 0 Å². The molecule has 0 aliphatic heterocycles. The SMILES string of the molecule is COC(=O)O[C@]1(C(=O)COC(C)=O)CC[C@H]2[C@@H]3CCC4=CC(=O)CC[C@]4(C)[C@H]3[C@@H](O)C[C@@]21C. The fraction of sp³-hybridized carbons (Fsp3) is 0.760. The van der Waals surface area contributed by atoms with E-state index in [2.05, 4.69) is 6.92 Å². The van der Waals surface area contributed by atoms with Crippen LogP contribution in [0.2, 0.25) is 0 Å². The molecule has 3 saturated carbocycles. The van der Waals surface area contributed by atoms with E-state index in [0.29, 0.717) is 19.3 Å². The average molecular weight is 463 g/mol. The highest BCUT2D eigenvalue weighted by atomic mass is 16.7. The predicted octanol–water partition coefficient (Wildman–Crippen LogP) is 3.14. The molecule has 182 valence electrons. The van der Waals surface area contributed by atoms with Crippen LogP contribution in [0.25, 0.3) is 0 Å². The minimum absolute atomic E-state index is 0.0267. The number of methoxy groups -OCH3 is 1. The summed E-state index contributed by atoms with van der Waals surface area (Å²) < 4.78 is 15.5. The summed E-state index contributed by atoms with van der Waals surface area (Å²) in [5.41, 5.74) is -1.50. The number of ether oxygens (including phenoxy) is 3. The summed E-state index contributed by atoms with van der Waals surface area (Å²) >= 11 is 0. The zero-order valence-electron chi connectivity index (χ0n) is 19.8. The fourth-order valence-corrected chi connectivity index (χ4v) is 7.83. The summed E-state index contributed by atoms with van der Waals surface area (Å²) in [5.74, 6) is -0.790. The molecule has 0 radical (unpaired) electrons. The monoisotopic (exact) mass is 462 g/mol. The predicted molar refractivity (Wildman–Crippen MR) is 116 cm³/mol. The molecule has 0 bridgehead atoms. The molecule has 0 unspecified atom stereocenters. The maximum atomic E-state index is 13.4. The number of hydrogen-bond donors (Lipinski definition) is 1. The first-order valence-corrected chi connectivity index (χ1v) is 11.8. The first-order chi connectivity index (χ1) is 15.5. The van der Waals surface area contributed by atoms with Crippen molar-refractivity contribution < 1.29 is 38.5 Å². The maximum Gasteiger partial charge on any atom is 0.509 e. The Balaban J connectivity index is 1.72. The summed E-state index contributed by atoms with van der Waals surface area (Å²) in [6, 6.07) is 0. The third kappa shape index (κ3) is 3.52. The largest absolute Gasteiger partial charge is 0.509 e. The van der Waals surface area contributed by atoms with Crippen LogP contribution >= 0.6 is 0 Å². The van der Waals surface area contributed by atoms with E-state index >= 15 is 0 Å². The van der Waals surface area contributed by atoms with Gasteiger partial charge >= 0.3 is 12.1 Å². The van der Waals surface area contributed by atoms with Crippen molar-refractivity contribution in [3.05, 3.63) is 11.6 Å². The minimum Gasteiger partial charge on any atom is -0.458 e. The molecule has 0 heterocycles. The van der Waals surface area contributed by atoms with Gasteiger partial charge in [0, 0.05) is 18.8 Å². The molecule has 0 saturated heterocycles. The number of Topliss-reactive ketones (excluding diaryl/α,β-unsaturated/α-hetero) is 1. The van der Waals surface area contributed by atoms with Crippen molar-refractivity contribution in [1.82, 2.24) is 0 Å². The highest BCUT2D eigenvalue weighted by Crippen LogP contribution is 2.68. The lowest BCUT2D eigenvalue weighted by atomic mass is 9.45. The van der Waals surface area contributed by atoms with Crippen LogP contribution in [0.5, 0.6) is 0 Å². The Morgan fingerprint density at radius 2 is 1.88 bits per heavy atom. The summed E-state index contributed by atoms with van der Waals surface area (Å²) in [5, 5.41) is 11.5. The van der Waals surface area contributed by atoms with Gasteiger partial charge in [-0.15, -0.1) is 0 Å². The number of carbonyl (C=O) groups excluding carboxylic acids is 4. The highest BCUT2D eigenvalue weighted by molar-refractivity contribution is 5.93. The van der Waals surface area contributed by atoms with Crippen LogP contribution in [0.1, 0.15) is 65.7 Å². The van der Waals surface area contributed by atoms with Crippen LogP contribution in [0.4, 0.5) is 4.79 Å². The smallest absolute Gasteiger partial charge is 0.458 e. The van der Waals surface area contributed by atoms with Crippen LogP contribution < -0.4 is 0 Å². The van der Waals surface area contributed by atoms with E-state index in [4.69, 9.17) is 14.2 Å². The van der Waals surface area contributed by atoms with Gasteiger partial charge in [-0.25, -0.2) is 4.79 Å². The van der Waals surface area contributed by atoms with E-state index in [1.807, 2.05) is 6.92 Å². The van der Waals surface area contributed by atoms with Gasteiger partial charge in [-0.3, -0.25) is 14.4 Å². The first-order valence-electron chi connectivity index (χ1n) is 11.8. The van der Waals surface area contributed by atoms with E-state index in [1.165, 1.54) is 14.0 Å². The number of aliphatic hydroxyl groups is 1. The molecule has 0 amide bonds. The van der Waals surface area contributed by atoms with Crippen LogP contribution in [-0.2, 0) is 28.6 Å². The van der Waals surface area contributed by atoms with Gasteiger partial charge in [0.2, 0.25) is 5.78 Å². The molecular formula is C25H34O8. The minimum atomic E-state index is -1.54. The lowest BCUT2D eigenvalue weighted by Crippen LogP contribution is -2.63. The molecule has 4 aliphatic rings. The third-order valence-electron chi connectivity index (χ3n) is 9.30. The molecule has 7 atom stereocenters. The zero-order valence-corrected chi connectivity index (χ0v) is 19.8. The average Bonchev–Trinajstić information content (AvgIpc) is 3.04. The van der Waals surface area contributed by atoms with E-state index in [1.54, 1.807) is 6.08 Å². The Bertz CT molecular complexity index is 908.